The predicted molar refractivity (Wildman–Crippen MR) is 69.7 cm³/mol. The van der Waals surface area contributed by atoms with Gasteiger partial charge in [-0.05, 0) is 18.1 Å². The highest BCUT2D eigenvalue weighted by Gasteiger charge is 2.12. The standard InChI is InChI=1S/C14H18N2O3/c1-11(2)10-19-14(17)12(7-15)8-16(3)9-13-5-4-6-18-13/h4-6,8,11H,9-10H2,1-3H3. The SMILES string of the molecule is CC(C)COC(=O)C(C#N)=CN(C)Cc1ccco1. The fraction of sp³-hybridized carbons (Fsp3) is 0.429. The van der Waals surface area contributed by atoms with Crippen LogP contribution < -0.4 is 0 Å². The van der Waals surface area contributed by atoms with Gasteiger partial charge in [-0.3, -0.25) is 0 Å². The van der Waals surface area contributed by atoms with E-state index in [4.69, 9.17) is 14.4 Å². The van der Waals surface area contributed by atoms with Crippen LogP contribution in [-0.4, -0.2) is 24.5 Å². The molecule has 1 rings (SSSR count). The quantitative estimate of drug-likeness (QED) is 0.447. The third-order valence-electron chi connectivity index (χ3n) is 2.22. The Morgan fingerprint density at radius 3 is 2.89 bits per heavy atom. The van der Waals surface area contributed by atoms with Crippen molar-refractivity contribution in [1.82, 2.24) is 4.90 Å². The van der Waals surface area contributed by atoms with Gasteiger partial charge in [0.05, 0.1) is 19.4 Å². The van der Waals surface area contributed by atoms with Crippen molar-refractivity contribution in [3.8, 4) is 6.07 Å². The Morgan fingerprint density at radius 1 is 1.63 bits per heavy atom. The molecule has 0 saturated heterocycles. The molecule has 1 heterocycles. The number of esters is 1. The highest BCUT2D eigenvalue weighted by Crippen LogP contribution is 2.07. The van der Waals surface area contributed by atoms with Crippen LogP contribution in [0.3, 0.4) is 0 Å². The van der Waals surface area contributed by atoms with Crippen molar-refractivity contribution in [3.05, 3.63) is 35.9 Å². The topological polar surface area (TPSA) is 66.5 Å². The molecule has 1 aromatic heterocycles. The summed E-state index contributed by atoms with van der Waals surface area (Å²) in [5, 5.41) is 8.97. The lowest BCUT2D eigenvalue weighted by Crippen LogP contribution is -2.16. The van der Waals surface area contributed by atoms with Gasteiger partial charge in [-0.2, -0.15) is 5.26 Å². The third kappa shape index (κ3) is 5.30. The number of carbonyl (C=O) groups excluding carboxylic acids is 1. The van der Waals surface area contributed by atoms with Gasteiger partial charge in [0.15, 0.2) is 5.57 Å². The molecule has 5 heteroatoms. The molecule has 19 heavy (non-hydrogen) atoms. The van der Waals surface area contributed by atoms with Gasteiger partial charge in [0.25, 0.3) is 0 Å². The van der Waals surface area contributed by atoms with E-state index in [1.54, 1.807) is 24.3 Å². The number of furan rings is 1. The lowest BCUT2D eigenvalue weighted by atomic mass is 10.2. The molecule has 0 bridgehead atoms. The summed E-state index contributed by atoms with van der Waals surface area (Å²) in [6.07, 6.45) is 3.04. The molecule has 0 fully saturated rings. The minimum absolute atomic E-state index is 0.0188. The van der Waals surface area contributed by atoms with Crippen LogP contribution in [0.4, 0.5) is 0 Å². The van der Waals surface area contributed by atoms with Crippen LogP contribution in [0, 0.1) is 17.2 Å². The first kappa shape index (κ1) is 14.8. The number of hydrogen-bond acceptors (Lipinski definition) is 5. The van der Waals surface area contributed by atoms with E-state index >= 15 is 0 Å². The summed E-state index contributed by atoms with van der Waals surface area (Å²) in [5.74, 6) is 0.402. The smallest absolute Gasteiger partial charge is 0.350 e. The maximum Gasteiger partial charge on any atom is 0.350 e. The lowest BCUT2D eigenvalue weighted by Gasteiger charge is -2.13. The second-order valence-electron chi connectivity index (χ2n) is 4.64. The van der Waals surface area contributed by atoms with E-state index in [9.17, 15) is 4.79 Å². The maximum absolute atomic E-state index is 11.7. The molecule has 0 aliphatic carbocycles. The first-order valence-corrected chi connectivity index (χ1v) is 6.04. The van der Waals surface area contributed by atoms with Crippen molar-refractivity contribution in [2.75, 3.05) is 13.7 Å². The molecule has 0 spiro atoms. The van der Waals surface area contributed by atoms with Crippen molar-refractivity contribution in [2.45, 2.75) is 20.4 Å². The van der Waals surface area contributed by atoms with E-state index in [-0.39, 0.29) is 11.5 Å². The second kappa shape index (κ2) is 7.27. The van der Waals surface area contributed by atoms with Gasteiger partial charge in [0.1, 0.15) is 11.8 Å². The van der Waals surface area contributed by atoms with Crippen LogP contribution in [0.1, 0.15) is 19.6 Å². The minimum Gasteiger partial charge on any atom is -0.467 e. The van der Waals surface area contributed by atoms with Crippen molar-refractivity contribution >= 4 is 5.97 Å². The largest absolute Gasteiger partial charge is 0.467 e. The maximum atomic E-state index is 11.7. The zero-order valence-corrected chi connectivity index (χ0v) is 11.4. The molecule has 0 aromatic carbocycles. The van der Waals surface area contributed by atoms with E-state index in [0.717, 1.165) is 5.76 Å². The zero-order chi connectivity index (χ0) is 14.3. The zero-order valence-electron chi connectivity index (χ0n) is 11.4. The molecule has 0 aliphatic heterocycles. The van der Waals surface area contributed by atoms with E-state index in [1.165, 1.54) is 6.20 Å². The van der Waals surface area contributed by atoms with E-state index in [1.807, 2.05) is 26.0 Å². The summed E-state index contributed by atoms with van der Waals surface area (Å²) >= 11 is 0. The molecule has 0 saturated carbocycles. The van der Waals surface area contributed by atoms with Gasteiger partial charge >= 0.3 is 5.97 Å². The Balaban J connectivity index is 2.60. The summed E-state index contributed by atoms with van der Waals surface area (Å²) in [5.41, 5.74) is -0.0188. The van der Waals surface area contributed by atoms with E-state index in [2.05, 4.69) is 0 Å². The van der Waals surface area contributed by atoms with Gasteiger partial charge in [-0.25, -0.2) is 4.79 Å². The van der Waals surface area contributed by atoms with Gasteiger partial charge < -0.3 is 14.1 Å². The summed E-state index contributed by atoms with van der Waals surface area (Å²) in [4.78, 5) is 13.4. The summed E-state index contributed by atoms with van der Waals surface area (Å²) in [6, 6.07) is 5.46. The van der Waals surface area contributed by atoms with Crippen LogP contribution in [0.25, 0.3) is 0 Å². The van der Waals surface area contributed by atoms with Crippen LogP contribution >= 0.6 is 0 Å². The Hall–Kier alpha value is -2.22. The lowest BCUT2D eigenvalue weighted by molar-refractivity contribution is -0.139. The van der Waals surface area contributed by atoms with Crippen molar-refractivity contribution in [1.29, 1.82) is 5.26 Å². The van der Waals surface area contributed by atoms with Crippen LogP contribution in [-0.2, 0) is 16.1 Å². The molecule has 5 nitrogen and oxygen atoms in total. The molecule has 0 N–H and O–H groups in total. The van der Waals surface area contributed by atoms with Crippen LogP contribution in [0.15, 0.2) is 34.6 Å². The minimum atomic E-state index is -0.595. The first-order valence-electron chi connectivity index (χ1n) is 6.04. The Kier molecular flexibility index (Phi) is 5.68. The normalized spacial score (nSPS) is 11.2. The predicted octanol–water partition coefficient (Wildman–Crippen LogP) is 2.32. The van der Waals surface area contributed by atoms with Gasteiger partial charge in [0.2, 0.25) is 0 Å². The molecule has 0 aliphatic rings. The molecule has 102 valence electrons. The molecule has 0 radical (unpaired) electrons. The molecule has 1 aromatic rings. The van der Waals surface area contributed by atoms with Gasteiger partial charge in [0, 0.05) is 13.2 Å². The molecule has 0 atom stereocenters. The van der Waals surface area contributed by atoms with Gasteiger partial charge in [-0.15, -0.1) is 0 Å². The number of carbonyl (C=O) groups is 1. The number of ether oxygens (including phenoxy) is 1. The molecule has 0 amide bonds. The third-order valence-corrected chi connectivity index (χ3v) is 2.22. The Morgan fingerprint density at radius 2 is 2.37 bits per heavy atom. The van der Waals surface area contributed by atoms with Crippen molar-refractivity contribution in [2.24, 2.45) is 5.92 Å². The average Bonchev–Trinajstić information content (AvgIpc) is 2.85. The Bertz CT molecular complexity index is 469. The van der Waals surface area contributed by atoms with Crippen molar-refractivity contribution < 1.29 is 13.9 Å². The molecule has 0 unspecified atom stereocenters. The number of hydrogen-bond donors (Lipinski definition) is 0. The second-order valence-corrected chi connectivity index (χ2v) is 4.64. The van der Waals surface area contributed by atoms with Crippen LogP contribution in [0.5, 0.6) is 0 Å². The summed E-state index contributed by atoms with van der Waals surface area (Å²) in [6.45, 7) is 4.66. The fourth-order valence-corrected chi connectivity index (χ4v) is 1.36. The summed E-state index contributed by atoms with van der Waals surface area (Å²) in [7, 11) is 1.76. The summed E-state index contributed by atoms with van der Waals surface area (Å²) < 4.78 is 10.2. The van der Waals surface area contributed by atoms with Crippen LogP contribution in [0.2, 0.25) is 0 Å². The number of rotatable bonds is 6. The monoisotopic (exact) mass is 262 g/mol. The van der Waals surface area contributed by atoms with E-state index < -0.39 is 5.97 Å². The first-order chi connectivity index (χ1) is 9.02. The molecular formula is C14H18N2O3. The Labute approximate surface area is 113 Å². The van der Waals surface area contributed by atoms with Crippen molar-refractivity contribution in [3.63, 3.8) is 0 Å². The highest BCUT2D eigenvalue weighted by atomic mass is 16.5. The number of nitrogens with zero attached hydrogens (tertiary/aromatic N) is 2. The highest BCUT2D eigenvalue weighted by molar-refractivity contribution is 5.92. The van der Waals surface area contributed by atoms with Gasteiger partial charge in [-0.1, -0.05) is 13.8 Å². The van der Waals surface area contributed by atoms with E-state index in [0.29, 0.717) is 13.2 Å². The average molecular weight is 262 g/mol. The fourth-order valence-electron chi connectivity index (χ4n) is 1.36. The molecular weight excluding hydrogens is 244 g/mol. The number of nitriles is 1.